The molecule has 2 N–H and O–H groups in total. The third-order valence-electron chi connectivity index (χ3n) is 3.40. The molecule has 2 heterocycles. The smallest absolute Gasteiger partial charge is 0.238 e. The summed E-state index contributed by atoms with van der Waals surface area (Å²) in [5.41, 5.74) is 1.83. The summed E-state index contributed by atoms with van der Waals surface area (Å²) in [5.74, 6) is -0.0845. The summed E-state index contributed by atoms with van der Waals surface area (Å²) < 4.78 is 1.91. The first-order chi connectivity index (χ1) is 10.1. The van der Waals surface area contributed by atoms with Crippen LogP contribution in [0.2, 0.25) is 0 Å². The summed E-state index contributed by atoms with van der Waals surface area (Å²) in [6.07, 6.45) is 7.12. The molecule has 0 aliphatic carbocycles. The lowest BCUT2D eigenvalue weighted by Crippen LogP contribution is -2.39. The summed E-state index contributed by atoms with van der Waals surface area (Å²) in [7, 11) is 0. The lowest BCUT2D eigenvalue weighted by atomic mass is 10.2. The minimum Gasteiger partial charge on any atom is -0.324 e. The number of hydrogen-bond donors (Lipinski definition) is 2. The number of aryl methyl sites for hydroxylation is 1. The van der Waals surface area contributed by atoms with E-state index in [4.69, 9.17) is 0 Å². The fourth-order valence-electron chi connectivity index (χ4n) is 1.95. The van der Waals surface area contributed by atoms with Crippen LogP contribution >= 0.6 is 0 Å². The zero-order valence-electron chi connectivity index (χ0n) is 12.6. The molecule has 0 aromatic carbocycles. The fraction of sp³-hybridized carbons (Fsp3) is 0.400. The Kier molecular flexibility index (Phi) is 5.05. The zero-order chi connectivity index (χ0) is 15.2. The molecule has 2 rings (SSSR count). The van der Waals surface area contributed by atoms with E-state index in [1.54, 1.807) is 18.5 Å². The maximum atomic E-state index is 11.9. The van der Waals surface area contributed by atoms with Crippen molar-refractivity contribution >= 4 is 11.6 Å². The van der Waals surface area contributed by atoms with Gasteiger partial charge >= 0.3 is 0 Å². The summed E-state index contributed by atoms with van der Waals surface area (Å²) >= 11 is 0. The van der Waals surface area contributed by atoms with Gasteiger partial charge in [-0.05, 0) is 38.5 Å². The number of nitrogens with one attached hydrogen (secondary N) is 2. The molecule has 0 saturated carbocycles. The summed E-state index contributed by atoms with van der Waals surface area (Å²) in [5, 5.41) is 10.3. The van der Waals surface area contributed by atoms with Crippen molar-refractivity contribution in [2.24, 2.45) is 0 Å². The number of pyridine rings is 1. The molecule has 0 fully saturated rings. The highest BCUT2D eigenvalue weighted by atomic mass is 16.1. The molecular formula is C15H21N5O. The van der Waals surface area contributed by atoms with Gasteiger partial charge in [0.1, 0.15) is 0 Å². The van der Waals surface area contributed by atoms with Crippen LogP contribution in [0.4, 0.5) is 5.69 Å². The van der Waals surface area contributed by atoms with Crippen molar-refractivity contribution < 1.29 is 4.79 Å². The Hall–Kier alpha value is -2.21. The summed E-state index contributed by atoms with van der Waals surface area (Å²) in [4.78, 5) is 15.8. The van der Waals surface area contributed by atoms with Crippen LogP contribution in [0.3, 0.4) is 0 Å². The van der Waals surface area contributed by atoms with Crippen molar-refractivity contribution in [2.45, 2.75) is 32.9 Å². The number of aromatic nitrogens is 3. The zero-order valence-corrected chi connectivity index (χ0v) is 12.6. The van der Waals surface area contributed by atoms with Crippen molar-refractivity contribution in [3.63, 3.8) is 0 Å². The molecule has 2 atom stereocenters. The second-order valence-electron chi connectivity index (χ2n) is 5.20. The maximum Gasteiger partial charge on any atom is 0.238 e. The highest BCUT2D eigenvalue weighted by Gasteiger charge is 2.15. The fourth-order valence-corrected chi connectivity index (χ4v) is 1.95. The van der Waals surface area contributed by atoms with Crippen molar-refractivity contribution in [1.82, 2.24) is 20.1 Å². The van der Waals surface area contributed by atoms with Crippen LogP contribution in [0.5, 0.6) is 0 Å². The normalized spacial score (nSPS) is 13.7. The van der Waals surface area contributed by atoms with Gasteiger partial charge in [0.2, 0.25) is 5.91 Å². The van der Waals surface area contributed by atoms with Crippen LogP contribution in [0.25, 0.3) is 0 Å². The molecular weight excluding hydrogens is 266 g/mol. The molecule has 21 heavy (non-hydrogen) atoms. The van der Waals surface area contributed by atoms with E-state index in [2.05, 4.69) is 27.6 Å². The van der Waals surface area contributed by atoms with Gasteiger partial charge in [0.05, 0.1) is 30.7 Å². The molecule has 0 radical (unpaired) electrons. The minimum atomic E-state index is -0.0845. The van der Waals surface area contributed by atoms with E-state index >= 15 is 0 Å². The van der Waals surface area contributed by atoms with Gasteiger partial charge in [0, 0.05) is 18.4 Å². The predicted octanol–water partition coefficient (Wildman–Crippen LogP) is 1.76. The number of carbonyl (C=O) groups excluding carboxylic acids is 1. The van der Waals surface area contributed by atoms with Crippen LogP contribution in [-0.2, 0) is 4.79 Å². The van der Waals surface area contributed by atoms with Crippen molar-refractivity contribution in [3.05, 3.63) is 42.5 Å². The van der Waals surface area contributed by atoms with Gasteiger partial charge in [-0.25, -0.2) is 0 Å². The van der Waals surface area contributed by atoms with Crippen LogP contribution in [0, 0.1) is 6.92 Å². The summed E-state index contributed by atoms with van der Waals surface area (Å²) in [6.45, 7) is 6.37. The van der Waals surface area contributed by atoms with E-state index in [1.165, 1.54) is 0 Å². The Bertz CT molecular complexity index is 581. The average molecular weight is 287 g/mol. The van der Waals surface area contributed by atoms with Crippen molar-refractivity contribution in [1.29, 1.82) is 0 Å². The van der Waals surface area contributed by atoms with Crippen LogP contribution in [0.1, 0.15) is 25.5 Å². The van der Waals surface area contributed by atoms with Crippen LogP contribution in [-0.4, -0.2) is 33.3 Å². The molecule has 1 amide bonds. The monoisotopic (exact) mass is 287 g/mol. The highest BCUT2D eigenvalue weighted by molar-refractivity contribution is 5.92. The first-order valence-electron chi connectivity index (χ1n) is 7.00. The number of amides is 1. The van der Waals surface area contributed by atoms with Crippen LogP contribution in [0.15, 0.2) is 36.9 Å². The largest absolute Gasteiger partial charge is 0.324 e. The Morgan fingerprint density at radius 2 is 2.19 bits per heavy atom. The first kappa shape index (κ1) is 15.2. The van der Waals surface area contributed by atoms with E-state index in [1.807, 2.05) is 37.0 Å². The van der Waals surface area contributed by atoms with Gasteiger partial charge in [-0.1, -0.05) is 0 Å². The van der Waals surface area contributed by atoms with Gasteiger partial charge in [-0.3, -0.25) is 14.5 Å². The van der Waals surface area contributed by atoms with Gasteiger partial charge < -0.3 is 10.6 Å². The lowest BCUT2D eigenvalue weighted by Gasteiger charge is -2.21. The molecule has 0 spiro atoms. The van der Waals surface area contributed by atoms with Gasteiger partial charge in [0.25, 0.3) is 0 Å². The Morgan fingerprint density at radius 1 is 1.38 bits per heavy atom. The van der Waals surface area contributed by atoms with E-state index < -0.39 is 0 Å². The number of rotatable bonds is 6. The molecule has 0 unspecified atom stereocenters. The van der Waals surface area contributed by atoms with Crippen molar-refractivity contribution in [3.8, 4) is 0 Å². The molecule has 6 heteroatoms. The first-order valence-corrected chi connectivity index (χ1v) is 7.00. The Morgan fingerprint density at radius 3 is 2.81 bits per heavy atom. The molecule has 0 aliphatic rings. The molecule has 0 saturated heterocycles. The van der Waals surface area contributed by atoms with E-state index in [-0.39, 0.29) is 24.5 Å². The van der Waals surface area contributed by atoms with Gasteiger partial charge in [-0.2, -0.15) is 5.10 Å². The molecule has 6 nitrogen and oxygen atoms in total. The topological polar surface area (TPSA) is 71.8 Å². The van der Waals surface area contributed by atoms with E-state index in [9.17, 15) is 4.79 Å². The molecule has 0 aliphatic heterocycles. The van der Waals surface area contributed by atoms with Crippen LogP contribution < -0.4 is 10.6 Å². The second kappa shape index (κ2) is 6.99. The Labute approximate surface area is 124 Å². The number of anilines is 1. The molecule has 2 aromatic heterocycles. The van der Waals surface area contributed by atoms with Gasteiger partial charge in [0.15, 0.2) is 0 Å². The highest BCUT2D eigenvalue weighted by Crippen LogP contribution is 2.10. The standard InChI is InChI=1S/C15H21N5O/c1-11-7-18-20(10-11)13(3)12(2)17-9-15(21)19-14-5-4-6-16-8-14/h4-8,10,12-13,17H,9H2,1-3H3,(H,19,21)/t12-,13-/m1/s1. The molecule has 112 valence electrons. The number of carbonyl (C=O) groups is 1. The van der Waals surface area contributed by atoms with Crippen molar-refractivity contribution in [2.75, 3.05) is 11.9 Å². The van der Waals surface area contributed by atoms with Gasteiger partial charge in [-0.15, -0.1) is 0 Å². The molecule has 2 aromatic rings. The number of nitrogens with zero attached hydrogens (tertiary/aromatic N) is 3. The maximum absolute atomic E-state index is 11.9. The van der Waals surface area contributed by atoms with E-state index in [0.29, 0.717) is 5.69 Å². The van der Waals surface area contributed by atoms with E-state index in [0.717, 1.165) is 5.56 Å². The SMILES string of the molecule is Cc1cnn([C@H](C)[C@@H](C)NCC(=O)Nc2cccnc2)c1. The number of hydrogen-bond acceptors (Lipinski definition) is 4. The quantitative estimate of drug-likeness (QED) is 0.849. The minimum absolute atomic E-state index is 0.0845. The molecule has 0 bridgehead atoms. The summed E-state index contributed by atoms with van der Waals surface area (Å²) in [6, 6.07) is 3.89. The Balaban J connectivity index is 1.80. The third-order valence-corrected chi connectivity index (χ3v) is 3.40. The third kappa shape index (κ3) is 4.39. The predicted molar refractivity (Wildman–Crippen MR) is 82.0 cm³/mol. The second-order valence-corrected chi connectivity index (χ2v) is 5.20. The average Bonchev–Trinajstić information content (AvgIpc) is 2.91. The lowest BCUT2D eigenvalue weighted by molar-refractivity contribution is -0.115.